The molecule has 160 valence electrons. The highest BCUT2D eigenvalue weighted by Gasteiger charge is 2.32. The summed E-state index contributed by atoms with van der Waals surface area (Å²) in [4.78, 5) is 34.0. The summed E-state index contributed by atoms with van der Waals surface area (Å²) in [5.41, 5.74) is 3.05. The van der Waals surface area contributed by atoms with Crippen LogP contribution in [0.25, 0.3) is 16.7 Å². The number of fused-ring (bicyclic) bond motifs is 1. The highest BCUT2D eigenvalue weighted by atomic mass is 16.2. The van der Waals surface area contributed by atoms with Crippen LogP contribution in [0, 0.1) is 5.92 Å². The molecule has 6 nitrogen and oxygen atoms in total. The van der Waals surface area contributed by atoms with Crippen LogP contribution in [0.1, 0.15) is 31.5 Å². The Morgan fingerprint density at radius 1 is 0.871 bits per heavy atom. The highest BCUT2D eigenvalue weighted by molar-refractivity contribution is 5.81. The van der Waals surface area contributed by atoms with Crippen molar-refractivity contribution in [1.29, 1.82) is 0 Å². The minimum Gasteiger partial charge on any atom is -0.339 e. The van der Waals surface area contributed by atoms with Gasteiger partial charge < -0.3 is 9.80 Å². The molecule has 2 fully saturated rings. The number of carbonyl (C=O) groups excluding carboxylic acids is 2. The van der Waals surface area contributed by atoms with Gasteiger partial charge in [0, 0.05) is 50.6 Å². The number of imidazole rings is 1. The largest absolute Gasteiger partial charge is 0.339 e. The molecule has 2 aliphatic rings. The van der Waals surface area contributed by atoms with Crippen molar-refractivity contribution in [2.24, 2.45) is 5.92 Å². The first-order valence-corrected chi connectivity index (χ1v) is 11.3. The number of aryl methyl sites for hydroxylation is 1. The van der Waals surface area contributed by atoms with Gasteiger partial charge in [-0.15, -0.1) is 0 Å². The van der Waals surface area contributed by atoms with Gasteiger partial charge in [0.1, 0.15) is 5.82 Å². The SMILES string of the molecule is O=C(CCc1nc2ccccc2n1-c1ccccc1)N1CCN(C(=O)C2CCC2)CC1. The van der Waals surface area contributed by atoms with Crippen LogP contribution in [0.3, 0.4) is 0 Å². The number of rotatable bonds is 5. The van der Waals surface area contributed by atoms with Crippen LogP contribution in [0.4, 0.5) is 0 Å². The number of amides is 2. The fourth-order valence-corrected chi connectivity index (χ4v) is 4.58. The first-order chi connectivity index (χ1) is 15.2. The van der Waals surface area contributed by atoms with E-state index in [-0.39, 0.29) is 17.7 Å². The molecular formula is C25H28N4O2. The van der Waals surface area contributed by atoms with Gasteiger partial charge in [0.05, 0.1) is 11.0 Å². The quantitative estimate of drug-likeness (QED) is 0.640. The zero-order valence-corrected chi connectivity index (χ0v) is 17.7. The first kappa shape index (κ1) is 19.8. The smallest absolute Gasteiger partial charge is 0.225 e. The third-order valence-corrected chi connectivity index (χ3v) is 6.61. The fourth-order valence-electron chi connectivity index (χ4n) is 4.58. The molecule has 2 amide bonds. The fraction of sp³-hybridized carbons (Fsp3) is 0.400. The number of benzene rings is 2. The molecule has 5 rings (SSSR count). The molecule has 1 aliphatic carbocycles. The normalized spacial score (nSPS) is 17.0. The number of piperazine rings is 1. The molecule has 0 radical (unpaired) electrons. The van der Waals surface area contributed by atoms with Crippen molar-refractivity contribution < 1.29 is 9.59 Å². The Balaban J connectivity index is 1.25. The number of aromatic nitrogens is 2. The summed E-state index contributed by atoms with van der Waals surface area (Å²) in [6.07, 6.45) is 4.24. The zero-order chi connectivity index (χ0) is 21.2. The van der Waals surface area contributed by atoms with Gasteiger partial charge in [-0.1, -0.05) is 36.8 Å². The van der Waals surface area contributed by atoms with E-state index in [1.54, 1.807) is 0 Å². The monoisotopic (exact) mass is 416 g/mol. The minimum absolute atomic E-state index is 0.141. The van der Waals surface area contributed by atoms with Crippen molar-refractivity contribution in [3.05, 3.63) is 60.4 Å². The Bertz CT molecular complexity index is 1080. The molecule has 0 spiro atoms. The second kappa shape index (κ2) is 8.53. The number of para-hydroxylation sites is 3. The summed E-state index contributed by atoms with van der Waals surface area (Å²) in [5.74, 6) is 1.56. The Morgan fingerprint density at radius 3 is 2.26 bits per heavy atom. The average molecular weight is 417 g/mol. The Kier molecular flexibility index (Phi) is 5.45. The number of hydrogen-bond donors (Lipinski definition) is 0. The van der Waals surface area contributed by atoms with Gasteiger partial charge in [-0.05, 0) is 37.1 Å². The standard InChI is InChI=1S/C25H28N4O2/c30-24(27-15-17-28(18-16-27)25(31)19-7-6-8-19)14-13-23-26-21-11-4-5-12-22(21)29(23)20-9-2-1-3-10-20/h1-5,9-12,19H,6-8,13-18H2. The molecule has 1 saturated carbocycles. The zero-order valence-electron chi connectivity index (χ0n) is 17.7. The molecule has 3 aromatic rings. The lowest BCUT2D eigenvalue weighted by molar-refractivity contribution is -0.144. The van der Waals surface area contributed by atoms with Gasteiger partial charge >= 0.3 is 0 Å². The topological polar surface area (TPSA) is 58.4 Å². The predicted molar refractivity (Wildman–Crippen MR) is 120 cm³/mol. The molecule has 0 atom stereocenters. The van der Waals surface area contributed by atoms with Gasteiger partial charge in [-0.3, -0.25) is 14.2 Å². The summed E-state index contributed by atoms with van der Waals surface area (Å²) in [7, 11) is 0. The van der Waals surface area contributed by atoms with Crippen LogP contribution >= 0.6 is 0 Å². The van der Waals surface area contributed by atoms with Crippen molar-refractivity contribution in [1.82, 2.24) is 19.4 Å². The van der Waals surface area contributed by atoms with E-state index in [0.717, 1.165) is 35.4 Å². The number of hydrogen-bond acceptors (Lipinski definition) is 3. The van der Waals surface area contributed by atoms with Gasteiger partial charge in [0.15, 0.2) is 0 Å². The highest BCUT2D eigenvalue weighted by Crippen LogP contribution is 2.28. The second-order valence-electron chi connectivity index (χ2n) is 8.52. The Labute approximate surface area is 182 Å². The lowest BCUT2D eigenvalue weighted by Gasteiger charge is -2.38. The van der Waals surface area contributed by atoms with Gasteiger partial charge in [-0.25, -0.2) is 4.98 Å². The Hall–Kier alpha value is -3.15. The van der Waals surface area contributed by atoms with Crippen LogP contribution in [0.5, 0.6) is 0 Å². The second-order valence-corrected chi connectivity index (χ2v) is 8.52. The van der Waals surface area contributed by atoms with E-state index in [1.807, 2.05) is 46.2 Å². The molecule has 0 unspecified atom stereocenters. The summed E-state index contributed by atoms with van der Waals surface area (Å²) in [6.45, 7) is 2.58. The van der Waals surface area contributed by atoms with Gasteiger partial charge in [-0.2, -0.15) is 0 Å². The van der Waals surface area contributed by atoms with Crippen molar-refractivity contribution in [2.45, 2.75) is 32.1 Å². The van der Waals surface area contributed by atoms with Crippen molar-refractivity contribution in [3.63, 3.8) is 0 Å². The summed E-state index contributed by atoms with van der Waals surface area (Å²) >= 11 is 0. The first-order valence-electron chi connectivity index (χ1n) is 11.3. The third-order valence-electron chi connectivity index (χ3n) is 6.61. The molecule has 1 aromatic heterocycles. The molecule has 31 heavy (non-hydrogen) atoms. The van der Waals surface area contributed by atoms with E-state index in [4.69, 9.17) is 4.98 Å². The van der Waals surface area contributed by atoms with E-state index in [9.17, 15) is 9.59 Å². The maximum atomic E-state index is 12.9. The van der Waals surface area contributed by atoms with Crippen molar-refractivity contribution in [2.75, 3.05) is 26.2 Å². The number of nitrogens with zero attached hydrogens (tertiary/aromatic N) is 4. The van der Waals surface area contributed by atoms with E-state index in [1.165, 1.54) is 6.42 Å². The summed E-state index contributed by atoms with van der Waals surface area (Å²) in [6, 6.07) is 18.3. The maximum absolute atomic E-state index is 12.9. The van der Waals surface area contributed by atoms with Crippen LogP contribution in [-0.4, -0.2) is 57.3 Å². The molecule has 2 aromatic carbocycles. The predicted octanol–water partition coefficient (Wildman–Crippen LogP) is 3.43. The lowest BCUT2D eigenvalue weighted by atomic mass is 9.84. The average Bonchev–Trinajstić information content (AvgIpc) is 3.15. The molecule has 1 aliphatic heterocycles. The molecular weight excluding hydrogens is 388 g/mol. The summed E-state index contributed by atoms with van der Waals surface area (Å²) in [5, 5.41) is 0. The van der Waals surface area contributed by atoms with Crippen LogP contribution in [0.2, 0.25) is 0 Å². The maximum Gasteiger partial charge on any atom is 0.225 e. The molecule has 0 N–H and O–H groups in total. The minimum atomic E-state index is 0.141. The Morgan fingerprint density at radius 2 is 1.55 bits per heavy atom. The molecule has 2 heterocycles. The van der Waals surface area contributed by atoms with Crippen molar-refractivity contribution in [3.8, 4) is 5.69 Å². The molecule has 1 saturated heterocycles. The van der Waals surface area contributed by atoms with Crippen LogP contribution < -0.4 is 0 Å². The van der Waals surface area contributed by atoms with Gasteiger partial charge in [0.2, 0.25) is 11.8 Å². The van der Waals surface area contributed by atoms with E-state index < -0.39 is 0 Å². The number of carbonyl (C=O) groups is 2. The van der Waals surface area contributed by atoms with Crippen LogP contribution in [-0.2, 0) is 16.0 Å². The lowest BCUT2D eigenvalue weighted by Crippen LogP contribution is -2.52. The summed E-state index contributed by atoms with van der Waals surface area (Å²) < 4.78 is 2.15. The molecule has 0 bridgehead atoms. The third kappa shape index (κ3) is 3.94. The van der Waals surface area contributed by atoms with E-state index in [0.29, 0.717) is 39.0 Å². The van der Waals surface area contributed by atoms with Crippen molar-refractivity contribution >= 4 is 22.8 Å². The van der Waals surface area contributed by atoms with Crippen LogP contribution in [0.15, 0.2) is 54.6 Å². The molecule has 6 heteroatoms. The van der Waals surface area contributed by atoms with E-state index in [2.05, 4.69) is 22.8 Å². The van der Waals surface area contributed by atoms with Gasteiger partial charge in [0.25, 0.3) is 0 Å². The van der Waals surface area contributed by atoms with E-state index >= 15 is 0 Å².